The third-order valence-electron chi connectivity index (χ3n) is 21.7. The summed E-state index contributed by atoms with van der Waals surface area (Å²) in [4.78, 5) is 4.35. The molecule has 11 rings (SSSR count). The van der Waals surface area contributed by atoms with Gasteiger partial charge in [-0.2, -0.15) is 0 Å². The van der Waals surface area contributed by atoms with Crippen LogP contribution in [0.1, 0.15) is 186 Å². The van der Waals surface area contributed by atoms with Gasteiger partial charge in [0.25, 0.3) is 0 Å². The Balaban J connectivity index is 0.974. The number of nitrogens with zero attached hydrogens (tertiary/aromatic N) is 2. The maximum absolute atomic E-state index is 18.0. The highest BCUT2D eigenvalue weighted by Gasteiger charge is 2.26. The summed E-state index contributed by atoms with van der Waals surface area (Å²) in [5, 5.41) is 0. The van der Waals surface area contributed by atoms with Gasteiger partial charge in [-0.15, -0.1) is 0 Å². The Hall–Kier alpha value is -9.38. The molecule has 0 aliphatic rings. The van der Waals surface area contributed by atoms with E-state index < -0.39 is 0 Å². The van der Waals surface area contributed by atoms with E-state index in [-0.39, 0.29) is 22.5 Å². The van der Waals surface area contributed by atoms with Crippen LogP contribution >= 0.6 is 0 Å². The highest BCUT2D eigenvalue weighted by molar-refractivity contribution is 5.86. The van der Waals surface area contributed by atoms with Crippen LogP contribution in [-0.4, -0.2) is 0 Å². The van der Waals surface area contributed by atoms with Gasteiger partial charge in [0.2, 0.25) is 0 Å². The van der Waals surface area contributed by atoms with Crippen LogP contribution in [0.2, 0.25) is 0 Å². The average molecular weight is 1340 g/mol. The number of rotatable bonds is 32. The SMILES string of the molecule is C/C=C\C(C)(CC)c1ccc(-c2ccc(N(c3ccc(-c4ccc(CCC)cc4)cc3)c3ccc(-c4cc(CCCCCC)c(-c5ccc(N(c6ccc(-c7ccc(CCC)cc7)cc6)c6ccc(-c7ccc(C(C)(CC)CC)cc7)cc6)cc5F)cc4CCCCCC)c(F)c3)cc2)cc1. The molecule has 0 amide bonds. The third kappa shape index (κ3) is 17.2. The van der Waals surface area contributed by atoms with E-state index in [0.29, 0.717) is 11.1 Å². The second-order valence-electron chi connectivity index (χ2n) is 28.6. The van der Waals surface area contributed by atoms with Crippen molar-refractivity contribution in [1.82, 2.24) is 0 Å². The van der Waals surface area contributed by atoms with E-state index in [1.807, 2.05) is 12.1 Å². The van der Waals surface area contributed by atoms with E-state index in [2.05, 4.69) is 310 Å². The van der Waals surface area contributed by atoms with Crippen LogP contribution in [0.4, 0.5) is 42.9 Å². The standard InChI is InChI=1S/C97H106F2N2/c1-11-19-21-23-27-80-67-93(91-64-62-89(69-95(91)99)101(85-55-43-77(44-56-85)73-35-31-71(26-14-4)32-36-73)87-59-47-79(48-60-87)75-39-51-83(52-40-75)97(10,18-8)65-15-5)81(28-24-22-20-12-2)66-92(80)90-63-61-88(68-94(90)98)100(84-53-41-76(42-54-84)72-33-29-70(25-13-3)30-34-72)86-57-45-78(46-58-86)74-37-49-82(50-38-74)96(9,16-6)17-7/h15,29-69H,11-14,16-28H2,1-10H3/b65-15-. The molecule has 11 aromatic carbocycles. The number of hydrogen-bond donors (Lipinski definition) is 0. The van der Waals surface area contributed by atoms with E-state index in [1.54, 1.807) is 12.1 Å². The number of benzene rings is 11. The monoisotopic (exact) mass is 1340 g/mol. The quantitative estimate of drug-likeness (QED) is 0.0306. The van der Waals surface area contributed by atoms with E-state index >= 15 is 8.78 Å². The molecule has 518 valence electrons. The van der Waals surface area contributed by atoms with Gasteiger partial charge in [0, 0.05) is 50.7 Å². The Morgan fingerprint density at radius 2 is 0.604 bits per heavy atom. The summed E-state index contributed by atoms with van der Waals surface area (Å²) in [6.45, 7) is 22.4. The van der Waals surface area contributed by atoms with Crippen molar-refractivity contribution < 1.29 is 8.78 Å². The lowest BCUT2D eigenvalue weighted by Crippen LogP contribution is -2.19. The zero-order valence-electron chi connectivity index (χ0n) is 61.9. The minimum Gasteiger partial charge on any atom is -0.310 e. The molecule has 11 aromatic rings. The van der Waals surface area contributed by atoms with Gasteiger partial charge in [-0.3, -0.25) is 0 Å². The highest BCUT2D eigenvalue weighted by Crippen LogP contribution is 2.45. The molecule has 1 atom stereocenters. The van der Waals surface area contributed by atoms with Gasteiger partial charge in [0.1, 0.15) is 11.6 Å². The van der Waals surface area contributed by atoms with Crippen LogP contribution in [0.3, 0.4) is 0 Å². The van der Waals surface area contributed by atoms with Crippen LogP contribution < -0.4 is 9.80 Å². The summed E-state index contributed by atoms with van der Waals surface area (Å²) in [5.41, 5.74) is 24.7. The zero-order chi connectivity index (χ0) is 70.9. The number of aryl methyl sites for hydroxylation is 4. The van der Waals surface area contributed by atoms with Crippen molar-refractivity contribution in [3.05, 3.63) is 300 Å². The maximum Gasteiger partial charge on any atom is 0.133 e. The molecule has 0 aliphatic carbocycles. The fraction of sp³-hybridized carbons (Fsp3) is 0.299. The molecule has 0 spiro atoms. The summed E-state index contributed by atoms with van der Waals surface area (Å²) in [5.74, 6) is -0.590. The fourth-order valence-corrected chi connectivity index (χ4v) is 14.8. The largest absolute Gasteiger partial charge is 0.310 e. The lowest BCUT2D eigenvalue weighted by atomic mass is 9.77. The Bertz CT molecular complexity index is 4460. The highest BCUT2D eigenvalue weighted by atomic mass is 19.1. The number of unbranched alkanes of at least 4 members (excludes halogenated alkanes) is 6. The Kier molecular flexibility index (Phi) is 24.8. The predicted molar refractivity (Wildman–Crippen MR) is 432 cm³/mol. The summed E-state index contributed by atoms with van der Waals surface area (Å²) in [6, 6.07) is 86.6. The molecule has 0 heterocycles. The number of hydrogen-bond acceptors (Lipinski definition) is 2. The van der Waals surface area contributed by atoms with Crippen LogP contribution in [0.15, 0.2) is 255 Å². The third-order valence-corrected chi connectivity index (χ3v) is 21.7. The van der Waals surface area contributed by atoms with Crippen LogP contribution in [0.25, 0.3) is 66.8 Å². The van der Waals surface area contributed by atoms with Crippen molar-refractivity contribution >= 4 is 34.1 Å². The molecular weight excluding hydrogens is 1230 g/mol. The topological polar surface area (TPSA) is 6.48 Å². The second kappa shape index (κ2) is 34.3. The first-order valence-corrected chi connectivity index (χ1v) is 38.0. The van der Waals surface area contributed by atoms with Crippen LogP contribution in [0.5, 0.6) is 0 Å². The van der Waals surface area contributed by atoms with Gasteiger partial charge in [0.05, 0.1) is 0 Å². The normalized spacial score (nSPS) is 12.3. The van der Waals surface area contributed by atoms with Gasteiger partial charge in [-0.05, 0) is 244 Å². The van der Waals surface area contributed by atoms with E-state index in [0.717, 1.165) is 210 Å². The van der Waals surface area contributed by atoms with Crippen molar-refractivity contribution in [2.45, 2.75) is 189 Å². The minimum atomic E-state index is -0.296. The minimum absolute atomic E-state index is 0.0306. The Morgan fingerprint density at radius 3 is 0.891 bits per heavy atom. The molecule has 0 fully saturated rings. The first-order chi connectivity index (χ1) is 49.2. The molecule has 0 radical (unpaired) electrons. The number of allylic oxidation sites excluding steroid dienone is 2. The maximum atomic E-state index is 18.0. The molecule has 4 heteroatoms. The molecule has 1 unspecified atom stereocenters. The molecule has 0 saturated carbocycles. The smallest absolute Gasteiger partial charge is 0.133 e. The van der Waals surface area contributed by atoms with Crippen molar-refractivity contribution in [3.63, 3.8) is 0 Å². The van der Waals surface area contributed by atoms with Crippen LogP contribution in [0, 0.1) is 11.6 Å². The van der Waals surface area contributed by atoms with Crippen molar-refractivity contribution in [2.24, 2.45) is 0 Å². The number of anilines is 6. The molecule has 0 aromatic heterocycles. The van der Waals surface area contributed by atoms with Crippen molar-refractivity contribution in [3.8, 4) is 66.8 Å². The van der Waals surface area contributed by atoms with Gasteiger partial charge in [-0.25, -0.2) is 8.78 Å². The van der Waals surface area contributed by atoms with Gasteiger partial charge in [0.15, 0.2) is 0 Å². The van der Waals surface area contributed by atoms with E-state index in [1.165, 1.54) is 22.3 Å². The fourth-order valence-electron chi connectivity index (χ4n) is 14.8. The molecule has 2 nitrogen and oxygen atoms in total. The predicted octanol–water partition coefficient (Wildman–Crippen LogP) is 29.4. The Morgan fingerprint density at radius 1 is 0.297 bits per heavy atom. The van der Waals surface area contributed by atoms with Crippen molar-refractivity contribution in [2.75, 3.05) is 9.80 Å². The summed E-state index contributed by atoms with van der Waals surface area (Å²) in [7, 11) is 0. The lowest BCUT2D eigenvalue weighted by Gasteiger charge is -2.28. The lowest BCUT2D eigenvalue weighted by molar-refractivity contribution is 0.439. The first kappa shape index (κ1) is 72.9. The molecular formula is C97H106F2N2. The molecule has 0 aliphatic heterocycles. The summed E-state index contributed by atoms with van der Waals surface area (Å²) < 4.78 is 36.0. The van der Waals surface area contributed by atoms with Gasteiger partial charge in [-0.1, -0.05) is 284 Å². The van der Waals surface area contributed by atoms with Crippen LogP contribution in [-0.2, 0) is 36.5 Å². The van der Waals surface area contributed by atoms with Gasteiger partial charge >= 0.3 is 0 Å². The van der Waals surface area contributed by atoms with E-state index in [4.69, 9.17) is 0 Å². The summed E-state index contributed by atoms with van der Waals surface area (Å²) >= 11 is 0. The second-order valence-corrected chi connectivity index (χ2v) is 28.6. The average Bonchev–Trinajstić information content (AvgIpc) is 0.766. The van der Waals surface area contributed by atoms with Crippen molar-refractivity contribution in [1.29, 1.82) is 0 Å². The molecule has 0 N–H and O–H groups in total. The molecule has 101 heavy (non-hydrogen) atoms. The molecule has 0 saturated heterocycles. The number of halogens is 2. The first-order valence-electron chi connectivity index (χ1n) is 38.0. The summed E-state index contributed by atoms with van der Waals surface area (Å²) in [6.07, 6.45) is 21.9. The molecule has 0 bridgehead atoms. The zero-order valence-corrected chi connectivity index (χ0v) is 61.9. The van der Waals surface area contributed by atoms with Gasteiger partial charge < -0.3 is 9.80 Å². The van der Waals surface area contributed by atoms with E-state index in [9.17, 15) is 0 Å². The Labute approximate surface area is 604 Å².